The predicted octanol–water partition coefficient (Wildman–Crippen LogP) is 2.85. The van der Waals surface area contributed by atoms with Gasteiger partial charge >= 0.3 is 0 Å². The monoisotopic (exact) mass is 320 g/mol. The van der Waals surface area contributed by atoms with Crippen LogP contribution in [-0.4, -0.2) is 31.9 Å². The summed E-state index contributed by atoms with van der Waals surface area (Å²) in [7, 11) is -3.45. The van der Waals surface area contributed by atoms with Crippen molar-refractivity contribution in [3.8, 4) is 0 Å². The van der Waals surface area contributed by atoms with Crippen LogP contribution in [0.5, 0.6) is 0 Å². The smallest absolute Gasteiger partial charge is 0.235 e. The summed E-state index contributed by atoms with van der Waals surface area (Å²) in [5.41, 5.74) is 2.06. The van der Waals surface area contributed by atoms with Gasteiger partial charge in [-0.15, -0.1) is 0 Å². The lowest BCUT2D eigenvalue weighted by atomic mass is 10.1. The molecule has 3 rings (SSSR count). The molecule has 1 aromatic carbocycles. The van der Waals surface area contributed by atoms with Crippen molar-refractivity contribution in [3.63, 3.8) is 0 Å². The maximum absolute atomic E-state index is 12.4. The third-order valence-corrected chi connectivity index (χ3v) is 5.15. The van der Waals surface area contributed by atoms with Crippen LogP contribution in [0, 0.1) is 6.92 Å². The second-order valence-corrected chi connectivity index (χ2v) is 7.47. The van der Waals surface area contributed by atoms with Crippen LogP contribution in [-0.2, 0) is 14.8 Å². The summed E-state index contributed by atoms with van der Waals surface area (Å²) in [5.74, 6) is -0.00476. The van der Waals surface area contributed by atoms with Gasteiger partial charge in [-0.3, -0.25) is 9.71 Å². The molecule has 0 saturated carbocycles. The quantitative estimate of drug-likeness (QED) is 0.940. The first-order chi connectivity index (χ1) is 10.5. The van der Waals surface area contributed by atoms with Crippen LogP contribution in [0.1, 0.15) is 25.0 Å². The number of pyridine rings is 1. The molecule has 0 amide bonds. The molecule has 1 N–H and O–H groups in total. The van der Waals surface area contributed by atoms with E-state index < -0.39 is 10.0 Å². The normalized spacial score (nSPS) is 19.2. The third-order valence-electron chi connectivity index (χ3n) is 3.80. The highest BCUT2D eigenvalue weighted by Gasteiger charge is 2.22. The number of para-hydroxylation sites is 1. The average Bonchev–Trinajstić information content (AvgIpc) is 2.48. The molecule has 118 valence electrons. The summed E-state index contributed by atoms with van der Waals surface area (Å²) in [6, 6.07) is 9.35. The van der Waals surface area contributed by atoms with E-state index in [4.69, 9.17) is 4.74 Å². The molecule has 0 radical (unpaired) electrons. The van der Waals surface area contributed by atoms with E-state index in [2.05, 4.69) is 9.71 Å². The Morgan fingerprint density at radius 3 is 2.91 bits per heavy atom. The second kappa shape index (κ2) is 6.22. The SMILES string of the molecule is Cc1ccc2cccc(NS(=O)(=O)C[C@H]3CCCCO3)c2n1. The molecule has 1 saturated heterocycles. The van der Waals surface area contributed by atoms with Crippen LogP contribution in [0.15, 0.2) is 30.3 Å². The Morgan fingerprint density at radius 1 is 1.27 bits per heavy atom. The van der Waals surface area contributed by atoms with E-state index >= 15 is 0 Å². The number of hydrogen-bond acceptors (Lipinski definition) is 4. The summed E-state index contributed by atoms with van der Waals surface area (Å²) < 4.78 is 32.9. The first-order valence-electron chi connectivity index (χ1n) is 7.52. The highest BCUT2D eigenvalue weighted by molar-refractivity contribution is 7.92. The van der Waals surface area contributed by atoms with Crippen molar-refractivity contribution in [1.29, 1.82) is 0 Å². The number of sulfonamides is 1. The summed E-state index contributed by atoms with van der Waals surface area (Å²) in [6.07, 6.45) is 2.62. The van der Waals surface area contributed by atoms with Gasteiger partial charge in [-0.1, -0.05) is 18.2 Å². The van der Waals surface area contributed by atoms with Gasteiger partial charge in [0.05, 0.1) is 23.1 Å². The Kier molecular flexibility index (Phi) is 4.31. The maximum atomic E-state index is 12.4. The zero-order chi connectivity index (χ0) is 15.6. The largest absolute Gasteiger partial charge is 0.377 e. The average molecular weight is 320 g/mol. The number of anilines is 1. The van der Waals surface area contributed by atoms with Gasteiger partial charge in [0.25, 0.3) is 0 Å². The molecule has 1 atom stereocenters. The van der Waals surface area contributed by atoms with Crippen LogP contribution in [0.25, 0.3) is 10.9 Å². The Morgan fingerprint density at radius 2 is 2.14 bits per heavy atom. The number of ether oxygens (including phenoxy) is 1. The summed E-state index contributed by atoms with van der Waals surface area (Å²) in [4.78, 5) is 4.45. The third kappa shape index (κ3) is 3.56. The molecule has 22 heavy (non-hydrogen) atoms. The van der Waals surface area contributed by atoms with Crippen LogP contribution in [0.4, 0.5) is 5.69 Å². The fourth-order valence-electron chi connectivity index (χ4n) is 2.72. The van der Waals surface area contributed by atoms with Crippen molar-refractivity contribution >= 4 is 26.6 Å². The lowest BCUT2D eigenvalue weighted by Crippen LogP contribution is -2.31. The van der Waals surface area contributed by atoms with Crippen molar-refractivity contribution in [2.75, 3.05) is 17.1 Å². The van der Waals surface area contributed by atoms with E-state index in [1.54, 1.807) is 6.07 Å². The first kappa shape index (κ1) is 15.2. The van der Waals surface area contributed by atoms with E-state index in [0.29, 0.717) is 17.8 Å². The van der Waals surface area contributed by atoms with Crippen LogP contribution >= 0.6 is 0 Å². The zero-order valence-electron chi connectivity index (χ0n) is 12.6. The Bertz CT molecular complexity index is 768. The molecule has 5 nitrogen and oxygen atoms in total. The van der Waals surface area contributed by atoms with Crippen molar-refractivity contribution in [3.05, 3.63) is 36.0 Å². The fourth-order valence-corrected chi connectivity index (χ4v) is 4.06. The second-order valence-electron chi connectivity index (χ2n) is 5.70. The van der Waals surface area contributed by atoms with Crippen LogP contribution < -0.4 is 4.72 Å². The van der Waals surface area contributed by atoms with Gasteiger partial charge in [0, 0.05) is 17.7 Å². The van der Waals surface area contributed by atoms with E-state index in [1.807, 2.05) is 31.2 Å². The molecule has 1 aliphatic rings. The molecule has 1 aromatic heterocycles. The van der Waals surface area contributed by atoms with Crippen molar-refractivity contribution in [2.24, 2.45) is 0 Å². The highest BCUT2D eigenvalue weighted by atomic mass is 32.2. The number of aromatic nitrogens is 1. The lowest BCUT2D eigenvalue weighted by Gasteiger charge is -2.22. The molecule has 1 fully saturated rings. The van der Waals surface area contributed by atoms with Gasteiger partial charge in [0.2, 0.25) is 10.0 Å². The van der Waals surface area contributed by atoms with Gasteiger partial charge in [-0.05, 0) is 38.3 Å². The number of rotatable bonds is 4. The standard InChI is InChI=1S/C16H20N2O3S/c1-12-8-9-13-5-4-7-15(16(13)17-12)18-22(19,20)11-14-6-2-3-10-21-14/h4-5,7-9,14,18H,2-3,6,10-11H2,1H3/t14-/m1/s1. The maximum Gasteiger partial charge on any atom is 0.235 e. The zero-order valence-corrected chi connectivity index (χ0v) is 13.4. The van der Waals surface area contributed by atoms with Crippen molar-refractivity contribution < 1.29 is 13.2 Å². The molecular weight excluding hydrogens is 300 g/mol. The number of hydrogen-bond donors (Lipinski definition) is 1. The van der Waals surface area contributed by atoms with Crippen molar-refractivity contribution in [1.82, 2.24) is 4.98 Å². The number of benzene rings is 1. The van der Waals surface area contributed by atoms with Gasteiger partial charge < -0.3 is 4.74 Å². The van der Waals surface area contributed by atoms with E-state index in [0.717, 1.165) is 30.3 Å². The van der Waals surface area contributed by atoms with Crippen LogP contribution in [0.2, 0.25) is 0 Å². The first-order valence-corrected chi connectivity index (χ1v) is 9.17. The topological polar surface area (TPSA) is 68.3 Å². The van der Waals surface area contributed by atoms with Gasteiger partial charge in [0.1, 0.15) is 0 Å². The van der Waals surface area contributed by atoms with E-state index in [1.165, 1.54) is 0 Å². The van der Waals surface area contributed by atoms with Crippen molar-refractivity contribution in [2.45, 2.75) is 32.3 Å². The highest BCUT2D eigenvalue weighted by Crippen LogP contribution is 2.23. The molecule has 0 aliphatic carbocycles. The Balaban J connectivity index is 1.83. The Hall–Kier alpha value is -1.66. The van der Waals surface area contributed by atoms with E-state index in [-0.39, 0.29) is 11.9 Å². The lowest BCUT2D eigenvalue weighted by molar-refractivity contribution is 0.0306. The predicted molar refractivity (Wildman–Crippen MR) is 87.5 cm³/mol. The summed E-state index contributed by atoms with van der Waals surface area (Å²) in [5, 5.41) is 0.916. The minimum atomic E-state index is -3.45. The molecule has 0 spiro atoms. The Labute approximate surface area is 130 Å². The number of nitrogens with zero attached hydrogens (tertiary/aromatic N) is 1. The van der Waals surface area contributed by atoms with Gasteiger partial charge in [-0.25, -0.2) is 8.42 Å². The summed E-state index contributed by atoms with van der Waals surface area (Å²) in [6.45, 7) is 2.54. The van der Waals surface area contributed by atoms with Gasteiger partial charge in [-0.2, -0.15) is 0 Å². The molecule has 0 unspecified atom stereocenters. The van der Waals surface area contributed by atoms with Crippen LogP contribution in [0.3, 0.4) is 0 Å². The minimum Gasteiger partial charge on any atom is -0.377 e. The number of fused-ring (bicyclic) bond motifs is 1. The molecule has 0 bridgehead atoms. The molecule has 1 aliphatic heterocycles. The van der Waals surface area contributed by atoms with E-state index in [9.17, 15) is 8.42 Å². The molecule has 6 heteroatoms. The number of aryl methyl sites for hydroxylation is 1. The summed E-state index contributed by atoms with van der Waals surface area (Å²) >= 11 is 0. The molecule has 2 aromatic rings. The molecular formula is C16H20N2O3S. The molecule has 2 heterocycles. The van der Waals surface area contributed by atoms with Gasteiger partial charge in [0.15, 0.2) is 0 Å². The fraction of sp³-hybridized carbons (Fsp3) is 0.438. The minimum absolute atomic E-state index is 0.00476. The number of nitrogens with one attached hydrogen (secondary N) is 1.